The highest BCUT2D eigenvalue weighted by Gasteiger charge is 2.49. The lowest BCUT2D eigenvalue weighted by Crippen LogP contribution is -2.62. The summed E-state index contributed by atoms with van der Waals surface area (Å²) in [6.45, 7) is 6.99. The standard InChI is InChI=1S/C11H18N2O2/c1-10(2,6-12)9(15)13-7-5-8(14)11(7,3)4/h7-8,14H,5H2,1-4H3,(H,13,15). The van der Waals surface area contributed by atoms with Crippen LogP contribution < -0.4 is 5.32 Å². The molecule has 0 heterocycles. The van der Waals surface area contributed by atoms with E-state index in [0.29, 0.717) is 6.42 Å². The fraction of sp³-hybridized carbons (Fsp3) is 0.818. The first kappa shape index (κ1) is 12.0. The summed E-state index contributed by atoms with van der Waals surface area (Å²) in [5.41, 5.74) is -1.29. The molecule has 1 saturated carbocycles. The van der Waals surface area contributed by atoms with E-state index >= 15 is 0 Å². The number of nitrogens with zero attached hydrogens (tertiary/aromatic N) is 1. The van der Waals surface area contributed by atoms with Crippen LogP contribution in [0.4, 0.5) is 0 Å². The Hall–Kier alpha value is -1.08. The van der Waals surface area contributed by atoms with Gasteiger partial charge in [-0.25, -0.2) is 0 Å². The van der Waals surface area contributed by atoms with Crippen LogP contribution in [0, 0.1) is 22.2 Å². The molecule has 0 bridgehead atoms. The van der Waals surface area contributed by atoms with E-state index in [4.69, 9.17) is 5.26 Å². The molecule has 2 unspecified atom stereocenters. The fourth-order valence-corrected chi connectivity index (χ4v) is 1.54. The summed E-state index contributed by atoms with van der Waals surface area (Å²) >= 11 is 0. The zero-order chi connectivity index (χ0) is 11.9. The molecular weight excluding hydrogens is 192 g/mol. The first-order chi connectivity index (χ1) is 6.71. The second-order valence-electron chi connectivity index (χ2n) is 5.34. The van der Waals surface area contributed by atoms with Gasteiger partial charge in [0, 0.05) is 11.5 Å². The van der Waals surface area contributed by atoms with Gasteiger partial charge in [0.15, 0.2) is 0 Å². The van der Waals surface area contributed by atoms with Crippen LogP contribution in [-0.2, 0) is 4.79 Å². The molecule has 84 valence electrons. The van der Waals surface area contributed by atoms with Crippen molar-refractivity contribution >= 4 is 5.91 Å². The highest BCUT2D eigenvalue weighted by atomic mass is 16.3. The summed E-state index contributed by atoms with van der Waals surface area (Å²) in [4.78, 5) is 11.7. The predicted octanol–water partition coefficient (Wildman–Crippen LogP) is 0.812. The van der Waals surface area contributed by atoms with Gasteiger partial charge in [-0.05, 0) is 20.3 Å². The van der Waals surface area contributed by atoms with Crippen LogP contribution in [0.5, 0.6) is 0 Å². The maximum Gasteiger partial charge on any atom is 0.240 e. The van der Waals surface area contributed by atoms with Gasteiger partial charge in [-0.1, -0.05) is 13.8 Å². The molecule has 0 aliphatic heterocycles. The molecule has 4 nitrogen and oxygen atoms in total. The molecule has 1 rings (SSSR count). The summed E-state index contributed by atoms with van der Waals surface area (Å²) in [6, 6.07) is 1.92. The molecule has 15 heavy (non-hydrogen) atoms. The fourth-order valence-electron chi connectivity index (χ4n) is 1.54. The van der Waals surface area contributed by atoms with Crippen LogP contribution in [0.25, 0.3) is 0 Å². The Balaban J connectivity index is 2.60. The Morgan fingerprint density at radius 1 is 1.60 bits per heavy atom. The highest BCUT2D eigenvalue weighted by molar-refractivity contribution is 5.84. The number of carbonyl (C=O) groups is 1. The van der Waals surface area contributed by atoms with Gasteiger partial charge in [-0.2, -0.15) is 5.26 Å². The number of nitriles is 1. The van der Waals surface area contributed by atoms with Gasteiger partial charge in [0.25, 0.3) is 0 Å². The number of carbonyl (C=O) groups excluding carboxylic acids is 1. The Bertz CT molecular complexity index is 315. The minimum Gasteiger partial charge on any atom is -0.392 e. The van der Waals surface area contributed by atoms with E-state index < -0.39 is 5.41 Å². The number of aliphatic hydroxyl groups is 1. The molecule has 0 aromatic carbocycles. The van der Waals surface area contributed by atoms with Crippen LogP contribution in [0.2, 0.25) is 0 Å². The zero-order valence-corrected chi connectivity index (χ0v) is 9.66. The van der Waals surface area contributed by atoms with Crippen molar-refractivity contribution in [2.24, 2.45) is 10.8 Å². The summed E-state index contributed by atoms with van der Waals surface area (Å²) in [6.07, 6.45) is 0.202. The number of nitrogens with one attached hydrogen (secondary N) is 1. The lowest BCUT2D eigenvalue weighted by molar-refractivity contribution is -0.134. The predicted molar refractivity (Wildman–Crippen MR) is 55.7 cm³/mol. The summed E-state index contributed by atoms with van der Waals surface area (Å²) in [5, 5.41) is 21.1. The Morgan fingerprint density at radius 3 is 2.47 bits per heavy atom. The first-order valence-electron chi connectivity index (χ1n) is 5.12. The van der Waals surface area contributed by atoms with Crippen LogP contribution in [0.3, 0.4) is 0 Å². The van der Waals surface area contributed by atoms with Gasteiger partial charge >= 0.3 is 0 Å². The second-order valence-corrected chi connectivity index (χ2v) is 5.34. The van der Waals surface area contributed by atoms with E-state index in [-0.39, 0.29) is 23.5 Å². The molecule has 1 aliphatic rings. The van der Waals surface area contributed by atoms with Crippen molar-refractivity contribution in [2.75, 3.05) is 0 Å². The third-order valence-electron chi connectivity index (χ3n) is 3.37. The molecule has 4 heteroatoms. The van der Waals surface area contributed by atoms with E-state index in [1.54, 1.807) is 13.8 Å². The van der Waals surface area contributed by atoms with Gasteiger partial charge in [0.05, 0.1) is 12.2 Å². The van der Waals surface area contributed by atoms with E-state index in [9.17, 15) is 9.90 Å². The third-order valence-corrected chi connectivity index (χ3v) is 3.37. The number of amides is 1. The molecule has 0 radical (unpaired) electrons. The van der Waals surface area contributed by atoms with E-state index in [1.807, 2.05) is 19.9 Å². The lowest BCUT2D eigenvalue weighted by atomic mass is 9.64. The largest absolute Gasteiger partial charge is 0.392 e. The Labute approximate surface area is 90.3 Å². The van der Waals surface area contributed by atoms with Crippen molar-refractivity contribution in [3.8, 4) is 6.07 Å². The quantitative estimate of drug-likeness (QED) is 0.708. The molecule has 2 N–H and O–H groups in total. The maximum atomic E-state index is 11.7. The van der Waals surface area contributed by atoms with Crippen molar-refractivity contribution in [1.82, 2.24) is 5.32 Å². The molecule has 1 amide bonds. The molecular formula is C11H18N2O2. The molecule has 0 saturated heterocycles. The number of rotatable bonds is 2. The molecule has 0 aromatic heterocycles. The van der Waals surface area contributed by atoms with Gasteiger partial charge < -0.3 is 10.4 Å². The smallest absolute Gasteiger partial charge is 0.240 e. The van der Waals surface area contributed by atoms with Crippen LogP contribution >= 0.6 is 0 Å². The average molecular weight is 210 g/mol. The van der Waals surface area contributed by atoms with Crippen molar-refractivity contribution < 1.29 is 9.90 Å². The van der Waals surface area contributed by atoms with Crippen LogP contribution in [-0.4, -0.2) is 23.2 Å². The highest BCUT2D eigenvalue weighted by Crippen LogP contribution is 2.40. The maximum absolute atomic E-state index is 11.7. The van der Waals surface area contributed by atoms with E-state index in [0.717, 1.165) is 0 Å². The molecule has 2 atom stereocenters. The summed E-state index contributed by atoms with van der Waals surface area (Å²) in [7, 11) is 0. The minimum atomic E-state index is -1.00. The number of hydrogen-bond donors (Lipinski definition) is 2. The van der Waals surface area contributed by atoms with Gasteiger partial charge in [-0.15, -0.1) is 0 Å². The molecule has 0 spiro atoms. The SMILES string of the molecule is CC(C)(C#N)C(=O)NC1CC(O)C1(C)C. The van der Waals surface area contributed by atoms with E-state index in [1.165, 1.54) is 0 Å². The normalized spacial score (nSPS) is 28.8. The van der Waals surface area contributed by atoms with Gasteiger partial charge in [0.1, 0.15) is 5.41 Å². The van der Waals surface area contributed by atoms with Gasteiger partial charge in [0.2, 0.25) is 5.91 Å². The first-order valence-corrected chi connectivity index (χ1v) is 5.12. The third kappa shape index (κ3) is 1.98. The average Bonchev–Trinajstić information content (AvgIpc) is 2.17. The van der Waals surface area contributed by atoms with Crippen LogP contribution in [0.1, 0.15) is 34.1 Å². The number of hydrogen-bond acceptors (Lipinski definition) is 3. The number of aliphatic hydroxyl groups excluding tert-OH is 1. The van der Waals surface area contributed by atoms with Crippen molar-refractivity contribution in [3.05, 3.63) is 0 Å². The molecule has 1 fully saturated rings. The zero-order valence-electron chi connectivity index (χ0n) is 9.66. The Kier molecular flexibility index (Phi) is 2.79. The monoisotopic (exact) mass is 210 g/mol. The van der Waals surface area contributed by atoms with Crippen LogP contribution in [0.15, 0.2) is 0 Å². The molecule has 0 aromatic rings. The van der Waals surface area contributed by atoms with Gasteiger partial charge in [-0.3, -0.25) is 4.79 Å². The van der Waals surface area contributed by atoms with E-state index in [2.05, 4.69) is 5.32 Å². The summed E-state index contributed by atoms with van der Waals surface area (Å²) in [5.74, 6) is -0.269. The lowest BCUT2D eigenvalue weighted by Gasteiger charge is -2.49. The van der Waals surface area contributed by atoms with Crippen molar-refractivity contribution in [2.45, 2.75) is 46.3 Å². The van der Waals surface area contributed by atoms with Crippen molar-refractivity contribution in [1.29, 1.82) is 5.26 Å². The summed E-state index contributed by atoms with van der Waals surface area (Å²) < 4.78 is 0. The second kappa shape index (κ2) is 3.49. The molecule has 1 aliphatic carbocycles. The minimum absolute atomic E-state index is 0.0346. The van der Waals surface area contributed by atoms with Crippen molar-refractivity contribution in [3.63, 3.8) is 0 Å². The topological polar surface area (TPSA) is 73.1 Å². The Morgan fingerprint density at radius 2 is 2.13 bits per heavy atom.